The van der Waals surface area contributed by atoms with Gasteiger partial charge in [-0.15, -0.1) is 0 Å². The largest absolute Gasteiger partial charge is 0.484 e. The molecule has 6 nitrogen and oxygen atoms in total. The fraction of sp³-hybridized carbons (Fsp3) is 0.316. The Balaban J connectivity index is 1.97. The van der Waals surface area contributed by atoms with Crippen LogP contribution in [0.2, 0.25) is 0 Å². The Labute approximate surface area is 154 Å². The molecule has 2 aromatic rings. The lowest BCUT2D eigenvalue weighted by Gasteiger charge is -2.15. The number of rotatable bonds is 9. The lowest BCUT2D eigenvalue weighted by Crippen LogP contribution is -2.29. The van der Waals surface area contributed by atoms with Gasteiger partial charge < -0.3 is 10.1 Å². The van der Waals surface area contributed by atoms with E-state index in [1.807, 2.05) is 37.3 Å². The van der Waals surface area contributed by atoms with E-state index in [4.69, 9.17) is 4.74 Å². The first-order valence-corrected chi connectivity index (χ1v) is 9.97. The van der Waals surface area contributed by atoms with E-state index in [9.17, 15) is 13.2 Å². The Kier molecular flexibility index (Phi) is 7.17. The number of carbonyl (C=O) groups is 1. The van der Waals surface area contributed by atoms with Gasteiger partial charge in [0.1, 0.15) is 5.75 Å². The molecule has 140 valence electrons. The van der Waals surface area contributed by atoms with Crippen molar-refractivity contribution in [1.29, 1.82) is 0 Å². The van der Waals surface area contributed by atoms with E-state index in [0.29, 0.717) is 12.3 Å². The normalized spacial score (nSPS) is 12.4. The summed E-state index contributed by atoms with van der Waals surface area (Å²) in [5.41, 5.74) is 0.883. The molecule has 0 aliphatic heterocycles. The molecule has 0 saturated heterocycles. The minimum absolute atomic E-state index is 0.102. The third-order valence-electron chi connectivity index (χ3n) is 3.71. The summed E-state index contributed by atoms with van der Waals surface area (Å²) < 4.78 is 33.0. The van der Waals surface area contributed by atoms with Gasteiger partial charge in [0.15, 0.2) is 6.61 Å². The summed E-state index contributed by atoms with van der Waals surface area (Å²) in [4.78, 5) is 11.7. The van der Waals surface area contributed by atoms with E-state index in [1.54, 1.807) is 6.92 Å². The molecule has 0 bridgehead atoms. The lowest BCUT2D eigenvalue weighted by atomic mass is 10.1. The molecule has 0 unspecified atom stereocenters. The first kappa shape index (κ1) is 19.9. The Hall–Kier alpha value is -2.38. The van der Waals surface area contributed by atoms with Gasteiger partial charge in [0.05, 0.1) is 4.90 Å². The van der Waals surface area contributed by atoms with Crippen LogP contribution in [0.15, 0.2) is 59.5 Å². The fourth-order valence-corrected chi connectivity index (χ4v) is 3.52. The first-order valence-electron chi connectivity index (χ1n) is 8.49. The molecule has 2 rings (SSSR count). The highest BCUT2D eigenvalue weighted by Crippen LogP contribution is 2.19. The molecule has 26 heavy (non-hydrogen) atoms. The second kappa shape index (κ2) is 9.35. The second-order valence-corrected chi connectivity index (χ2v) is 7.58. The number of ether oxygens (including phenoxy) is 1. The number of hydrogen-bond donors (Lipinski definition) is 2. The van der Waals surface area contributed by atoms with Crippen LogP contribution in [0.25, 0.3) is 0 Å². The molecular weight excluding hydrogens is 352 g/mol. The summed E-state index contributed by atoms with van der Waals surface area (Å²) in [6, 6.07) is 15.0. The van der Waals surface area contributed by atoms with Crippen molar-refractivity contribution in [3.8, 4) is 5.75 Å². The fourth-order valence-electron chi connectivity index (χ4n) is 2.29. The van der Waals surface area contributed by atoms with Gasteiger partial charge in [-0.05, 0) is 43.2 Å². The van der Waals surface area contributed by atoms with E-state index >= 15 is 0 Å². The number of amides is 1. The molecule has 2 aromatic carbocycles. The van der Waals surface area contributed by atoms with Crippen LogP contribution in [0.3, 0.4) is 0 Å². The van der Waals surface area contributed by atoms with Crippen LogP contribution < -0.4 is 14.8 Å². The molecule has 1 amide bonds. The maximum atomic E-state index is 12.5. The van der Waals surface area contributed by atoms with E-state index in [2.05, 4.69) is 10.0 Å². The molecule has 0 heterocycles. The van der Waals surface area contributed by atoms with Crippen molar-refractivity contribution < 1.29 is 17.9 Å². The highest BCUT2D eigenvalue weighted by molar-refractivity contribution is 7.89. The zero-order chi connectivity index (χ0) is 19.0. The van der Waals surface area contributed by atoms with Crippen molar-refractivity contribution >= 4 is 15.9 Å². The van der Waals surface area contributed by atoms with Gasteiger partial charge in [-0.2, -0.15) is 0 Å². The molecule has 0 fully saturated rings. The van der Waals surface area contributed by atoms with Crippen LogP contribution in [0, 0.1) is 0 Å². The van der Waals surface area contributed by atoms with Gasteiger partial charge in [-0.3, -0.25) is 4.79 Å². The molecule has 0 aromatic heterocycles. The average Bonchev–Trinajstić information content (AvgIpc) is 2.65. The van der Waals surface area contributed by atoms with Crippen molar-refractivity contribution in [2.24, 2.45) is 0 Å². The van der Waals surface area contributed by atoms with E-state index in [0.717, 1.165) is 12.0 Å². The smallest absolute Gasteiger partial charge is 0.257 e. The standard InChI is InChI=1S/C19H24N2O4S/c1-3-13-20-19(22)14-25-17-9-11-18(12-10-17)26(23,24)21-15(2)16-7-5-4-6-8-16/h4-12,15,21H,3,13-14H2,1-2H3,(H,20,22)/t15-/m1/s1. The minimum atomic E-state index is -3.65. The summed E-state index contributed by atoms with van der Waals surface area (Å²) in [5.74, 6) is 0.230. The van der Waals surface area contributed by atoms with Gasteiger partial charge in [-0.1, -0.05) is 37.3 Å². The molecule has 0 radical (unpaired) electrons. The number of benzene rings is 2. The summed E-state index contributed by atoms with van der Waals surface area (Å²) in [6.45, 7) is 4.26. The van der Waals surface area contributed by atoms with Gasteiger partial charge in [0.2, 0.25) is 10.0 Å². The third kappa shape index (κ3) is 5.86. The van der Waals surface area contributed by atoms with E-state index in [1.165, 1.54) is 24.3 Å². The molecule has 1 atom stereocenters. The number of carbonyl (C=O) groups excluding carboxylic acids is 1. The highest BCUT2D eigenvalue weighted by atomic mass is 32.2. The lowest BCUT2D eigenvalue weighted by molar-refractivity contribution is -0.123. The topological polar surface area (TPSA) is 84.5 Å². The summed E-state index contributed by atoms with van der Waals surface area (Å²) in [5, 5.41) is 2.71. The predicted octanol–water partition coefficient (Wildman–Crippen LogP) is 2.63. The minimum Gasteiger partial charge on any atom is -0.484 e. The molecule has 0 spiro atoms. The molecule has 0 aliphatic carbocycles. The Morgan fingerprint density at radius 3 is 2.35 bits per heavy atom. The van der Waals surface area contributed by atoms with Gasteiger partial charge in [0.25, 0.3) is 5.91 Å². The van der Waals surface area contributed by atoms with Crippen LogP contribution in [0.1, 0.15) is 31.9 Å². The van der Waals surface area contributed by atoms with Gasteiger partial charge >= 0.3 is 0 Å². The SMILES string of the molecule is CCCNC(=O)COc1ccc(S(=O)(=O)N[C@H](C)c2ccccc2)cc1. The number of sulfonamides is 1. The van der Waals surface area contributed by atoms with Crippen LogP contribution in [0.5, 0.6) is 5.75 Å². The predicted molar refractivity (Wildman–Crippen MR) is 100 cm³/mol. The Bertz CT molecular complexity index is 805. The van der Waals surface area contributed by atoms with E-state index < -0.39 is 10.0 Å². The highest BCUT2D eigenvalue weighted by Gasteiger charge is 2.18. The zero-order valence-electron chi connectivity index (χ0n) is 14.9. The zero-order valence-corrected chi connectivity index (χ0v) is 15.8. The van der Waals surface area contributed by atoms with Crippen molar-refractivity contribution in [2.75, 3.05) is 13.2 Å². The van der Waals surface area contributed by atoms with Crippen LogP contribution in [-0.2, 0) is 14.8 Å². The molecule has 2 N–H and O–H groups in total. The van der Waals surface area contributed by atoms with Crippen molar-refractivity contribution in [3.05, 3.63) is 60.2 Å². The summed E-state index contributed by atoms with van der Waals surface area (Å²) >= 11 is 0. The van der Waals surface area contributed by atoms with Crippen LogP contribution in [0.4, 0.5) is 0 Å². The van der Waals surface area contributed by atoms with Crippen molar-refractivity contribution in [2.45, 2.75) is 31.2 Å². The molecule has 0 aliphatic rings. The third-order valence-corrected chi connectivity index (χ3v) is 5.26. The Morgan fingerprint density at radius 1 is 1.08 bits per heavy atom. The number of hydrogen-bond acceptors (Lipinski definition) is 4. The quantitative estimate of drug-likeness (QED) is 0.705. The van der Waals surface area contributed by atoms with Crippen molar-refractivity contribution in [3.63, 3.8) is 0 Å². The maximum Gasteiger partial charge on any atom is 0.257 e. The maximum absolute atomic E-state index is 12.5. The molecule has 0 saturated carbocycles. The van der Waals surface area contributed by atoms with E-state index in [-0.39, 0.29) is 23.5 Å². The monoisotopic (exact) mass is 376 g/mol. The van der Waals surface area contributed by atoms with Gasteiger partial charge in [-0.25, -0.2) is 13.1 Å². The average molecular weight is 376 g/mol. The van der Waals surface area contributed by atoms with Crippen molar-refractivity contribution in [1.82, 2.24) is 10.0 Å². The molecule has 7 heteroatoms. The first-order chi connectivity index (χ1) is 12.4. The summed E-state index contributed by atoms with van der Waals surface area (Å²) in [6.07, 6.45) is 0.854. The second-order valence-electron chi connectivity index (χ2n) is 5.86. The molecular formula is C19H24N2O4S. The van der Waals surface area contributed by atoms with Crippen LogP contribution in [-0.4, -0.2) is 27.5 Å². The number of nitrogens with one attached hydrogen (secondary N) is 2. The van der Waals surface area contributed by atoms with Gasteiger partial charge in [0, 0.05) is 12.6 Å². The summed E-state index contributed by atoms with van der Waals surface area (Å²) in [7, 11) is -3.65. The van der Waals surface area contributed by atoms with Crippen LogP contribution >= 0.6 is 0 Å². The Morgan fingerprint density at radius 2 is 1.73 bits per heavy atom.